The quantitative estimate of drug-likeness (QED) is 0.624. The van der Waals surface area contributed by atoms with E-state index in [4.69, 9.17) is 9.84 Å². The van der Waals surface area contributed by atoms with Crippen molar-refractivity contribution in [1.29, 1.82) is 0 Å². The molecule has 6 nitrogen and oxygen atoms in total. The highest BCUT2D eigenvalue weighted by molar-refractivity contribution is 7.99. The third-order valence-corrected chi connectivity index (χ3v) is 5.62. The van der Waals surface area contributed by atoms with Gasteiger partial charge < -0.3 is 14.7 Å². The van der Waals surface area contributed by atoms with E-state index in [0.717, 1.165) is 47.6 Å². The van der Waals surface area contributed by atoms with E-state index in [1.54, 1.807) is 30.5 Å². The smallest absolute Gasteiger partial charge is 0.335 e. The normalized spacial score (nSPS) is 14.0. The van der Waals surface area contributed by atoms with Crippen LogP contribution in [0.5, 0.6) is 0 Å². The number of hydrogen-bond donors (Lipinski definition) is 1. The summed E-state index contributed by atoms with van der Waals surface area (Å²) in [4.78, 5) is 23.3. The Morgan fingerprint density at radius 3 is 2.45 bits per heavy atom. The van der Waals surface area contributed by atoms with Crippen molar-refractivity contribution in [3.05, 3.63) is 77.7 Å². The summed E-state index contributed by atoms with van der Waals surface area (Å²) in [6, 6.07) is 17.2. The number of ether oxygens (including phenoxy) is 1. The molecule has 1 N–H and O–H groups in total. The first kappa shape index (κ1) is 19.4. The van der Waals surface area contributed by atoms with Crippen molar-refractivity contribution in [3.8, 4) is 0 Å². The molecular weight excluding hydrogens is 386 g/mol. The van der Waals surface area contributed by atoms with E-state index in [0.29, 0.717) is 6.42 Å². The number of rotatable bonds is 6. The average molecular weight is 407 g/mol. The molecule has 148 valence electrons. The zero-order valence-corrected chi connectivity index (χ0v) is 16.6. The van der Waals surface area contributed by atoms with Crippen molar-refractivity contribution in [2.75, 3.05) is 31.2 Å². The van der Waals surface area contributed by atoms with Gasteiger partial charge in [0, 0.05) is 36.3 Å². The van der Waals surface area contributed by atoms with Crippen molar-refractivity contribution in [2.24, 2.45) is 0 Å². The molecule has 0 amide bonds. The second-order valence-corrected chi connectivity index (χ2v) is 7.78. The molecule has 7 heteroatoms. The topological polar surface area (TPSA) is 75.5 Å². The van der Waals surface area contributed by atoms with Gasteiger partial charge in [-0.15, -0.1) is 0 Å². The lowest BCUT2D eigenvalue weighted by atomic mass is 10.1. The number of aromatic carboxylic acids is 1. The predicted octanol–water partition coefficient (Wildman–Crippen LogP) is 3.75. The number of carboxylic acids is 1. The van der Waals surface area contributed by atoms with Crippen molar-refractivity contribution in [3.63, 3.8) is 0 Å². The average Bonchev–Trinajstić information content (AvgIpc) is 2.76. The van der Waals surface area contributed by atoms with Gasteiger partial charge in [-0.1, -0.05) is 23.9 Å². The Morgan fingerprint density at radius 1 is 1.03 bits per heavy atom. The van der Waals surface area contributed by atoms with E-state index in [1.165, 1.54) is 17.4 Å². The lowest BCUT2D eigenvalue weighted by Crippen LogP contribution is -2.36. The molecule has 0 unspecified atom stereocenters. The molecule has 1 aromatic heterocycles. The van der Waals surface area contributed by atoms with Gasteiger partial charge in [0.1, 0.15) is 10.9 Å². The van der Waals surface area contributed by atoms with Gasteiger partial charge in [0.05, 0.1) is 18.8 Å². The van der Waals surface area contributed by atoms with Crippen LogP contribution in [0, 0.1) is 0 Å². The van der Waals surface area contributed by atoms with Gasteiger partial charge in [-0.25, -0.2) is 14.8 Å². The maximum atomic E-state index is 11.0. The minimum absolute atomic E-state index is 0.276. The molecule has 4 rings (SSSR count). The maximum Gasteiger partial charge on any atom is 0.335 e. The number of carboxylic acid groups (broad SMARTS) is 1. The molecule has 0 spiro atoms. The highest BCUT2D eigenvalue weighted by Crippen LogP contribution is 2.26. The van der Waals surface area contributed by atoms with Crippen LogP contribution in [-0.4, -0.2) is 47.3 Å². The number of benzene rings is 2. The van der Waals surface area contributed by atoms with Crippen LogP contribution >= 0.6 is 11.8 Å². The fourth-order valence-electron chi connectivity index (χ4n) is 3.14. The van der Waals surface area contributed by atoms with Crippen LogP contribution in [0.3, 0.4) is 0 Å². The molecule has 0 saturated carbocycles. The van der Waals surface area contributed by atoms with Crippen LogP contribution < -0.4 is 4.90 Å². The summed E-state index contributed by atoms with van der Waals surface area (Å²) in [7, 11) is 0. The van der Waals surface area contributed by atoms with Gasteiger partial charge in [0.15, 0.2) is 0 Å². The molecule has 0 aliphatic carbocycles. The lowest BCUT2D eigenvalue weighted by molar-refractivity contribution is 0.0697. The Labute approximate surface area is 173 Å². The number of aromatic nitrogens is 2. The van der Waals surface area contributed by atoms with E-state index in [1.807, 2.05) is 6.07 Å². The summed E-state index contributed by atoms with van der Waals surface area (Å²) in [6.07, 6.45) is 2.42. The minimum Gasteiger partial charge on any atom is -0.478 e. The molecular formula is C22H21N3O3S. The van der Waals surface area contributed by atoms with Gasteiger partial charge in [-0.3, -0.25) is 0 Å². The molecule has 0 radical (unpaired) electrons. The van der Waals surface area contributed by atoms with Crippen molar-refractivity contribution >= 4 is 23.4 Å². The molecule has 1 aliphatic heterocycles. The molecule has 3 aromatic rings. The molecule has 0 bridgehead atoms. The zero-order chi connectivity index (χ0) is 20.1. The van der Waals surface area contributed by atoms with Crippen LogP contribution in [-0.2, 0) is 11.2 Å². The number of carbonyl (C=O) groups is 1. The number of anilines is 1. The summed E-state index contributed by atoms with van der Waals surface area (Å²) in [5.74, 6) is -0.165. The molecule has 0 atom stereocenters. The fraction of sp³-hybridized carbons (Fsp3) is 0.227. The number of nitrogens with zero attached hydrogens (tertiary/aromatic N) is 3. The summed E-state index contributed by atoms with van der Waals surface area (Å²) in [5, 5.41) is 9.83. The summed E-state index contributed by atoms with van der Waals surface area (Å²) in [5.41, 5.74) is 2.65. The molecule has 2 heterocycles. The van der Waals surface area contributed by atoms with E-state index >= 15 is 0 Å². The summed E-state index contributed by atoms with van der Waals surface area (Å²) in [6.45, 7) is 3.41. The first-order valence-corrected chi connectivity index (χ1v) is 10.2. The predicted molar refractivity (Wildman–Crippen MR) is 112 cm³/mol. The van der Waals surface area contributed by atoms with E-state index in [2.05, 4.69) is 39.1 Å². The van der Waals surface area contributed by atoms with Crippen LogP contribution in [0.1, 0.15) is 21.7 Å². The van der Waals surface area contributed by atoms with E-state index in [9.17, 15) is 4.79 Å². The van der Waals surface area contributed by atoms with Gasteiger partial charge in [0.2, 0.25) is 0 Å². The molecule has 2 aromatic carbocycles. The van der Waals surface area contributed by atoms with E-state index in [-0.39, 0.29) is 5.56 Å². The Balaban J connectivity index is 1.41. The Morgan fingerprint density at radius 2 is 1.76 bits per heavy atom. The minimum atomic E-state index is -0.925. The Hall–Kier alpha value is -2.90. The fourth-order valence-corrected chi connectivity index (χ4v) is 3.93. The third-order valence-electron chi connectivity index (χ3n) is 4.68. The standard InChI is InChI=1S/C22H21N3O3S/c26-22(27)17-3-7-19(8-4-17)29-21-9-10-23-20(24-21)15-16-1-5-18(6-2-16)25-11-13-28-14-12-25/h1-10H,11-15H2,(H,26,27). The second kappa shape index (κ2) is 9.07. The summed E-state index contributed by atoms with van der Waals surface area (Å²) >= 11 is 1.49. The summed E-state index contributed by atoms with van der Waals surface area (Å²) < 4.78 is 5.41. The van der Waals surface area contributed by atoms with Crippen LogP contribution in [0.15, 0.2) is 70.7 Å². The second-order valence-electron chi connectivity index (χ2n) is 6.69. The highest BCUT2D eigenvalue weighted by atomic mass is 32.2. The monoisotopic (exact) mass is 407 g/mol. The lowest BCUT2D eigenvalue weighted by Gasteiger charge is -2.28. The van der Waals surface area contributed by atoms with Crippen LogP contribution in [0.4, 0.5) is 5.69 Å². The van der Waals surface area contributed by atoms with Crippen LogP contribution in [0.2, 0.25) is 0 Å². The third kappa shape index (κ3) is 5.13. The first-order valence-electron chi connectivity index (χ1n) is 9.42. The number of hydrogen-bond acceptors (Lipinski definition) is 6. The largest absolute Gasteiger partial charge is 0.478 e. The van der Waals surface area contributed by atoms with Gasteiger partial charge in [0.25, 0.3) is 0 Å². The van der Waals surface area contributed by atoms with Crippen molar-refractivity contribution in [2.45, 2.75) is 16.3 Å². The van der Waals surface area contributed by atoms with Crippen molar-refractivity contribution < 1.29 is 14.6 Å². The first-order chi connectivity index (χ1) is 14.2. The molecule has 1 saturated heterocycles. The molecule has 1 aliphatic rings. The molecule has 29 heavy (non-hydrogen) atoms. The molecule has 1 fully saturated rings. The zero-order valence-electron chi connectivity index (χ0n) is 15.8. The van der Waals surface area contributed by atoms with Crippen LogP contribution in [0.25, 0.3) is 0 Å². The van der Waals surface area contributed by atoms with Crippen molar-refractivity contribution in [1.82, 2.24) is 9.97 Å². The SMILES string of the molecule is O=C(O)c1ccc(Sc2ccnc(Cc3ccc(N4CCOCC4)cc3)n2)cc1. The maximum absolute atomic E-state index is 11.0. The van der Waals surface area contributed by atoms with E-state index < -0.39 is 5.97 Å². The van der Waals surface area contributed by atoms with Gasteiger partial charge >= 0.3 is 5.97 Å². The van der Waals surface area contributed by atoms with Gasteiger partial charge in [-0.2, -0.15) is 0 Å². The highest BCUT2D eigenvalue weighted by Gasteiger charge is 2.11. The Bertz CT molecular complexity index is 971. The van der Waals surface area contributed by atoms with Gasteiger partial charge in [-0.05, 0) is 48.0 Å². The number of morpholine rings is 1. The Kier molecular flexibility index (Phi) is 6.07.